The third-order valence-electron chi connectivity index (χ3n) is 6.71. The van der Waals surface area contributed by atoms with Crippen molar-refractivity contribution in [1.82, 2.24) is 4.90 Å². The van der Waals surface area contributed by atoms with Crippen LogP contribution < -0.4 is 0 Å². The first-order valence-corrected chi connectivity index (χ1v) is 9.73. The van der Waals surface area contributed by atoms with Crippen LogP contribution in [-0.4, -0.2) is 34.7 Å². The maximum absolute atomic E-state index is 9.38. The summed E-state index contributed by atoms with van der Waals surface area (Å²) in [6.45, 7) is 2.70. The zero-order valence-electron chi connectivity index (χ0n) is 14.0. The van der Waals surface area contributed by atoms with Crippen LogP contribution in [0.1, 0.15) is 84.0 Å². The normalized spacial score (nSPS) is 40.0. The minimum absolute atomic E-state index is 0.380. The van der Waals surface area contributed by atoms with Crippen LogP contribution in [0.25, 0.3) is 0 Å². The fourth-order valence-electron chi connectivity index (χ4n) is 5.79. The van der Waals surface area contributed by atoms with Gasteiger partial charge in [-0.15, -0.1) is 0 Å². The van der Waals surface area contributed by atoms with Crippen molar-refractivity contribution in [2.75, 3.05) is 6.61 Å². The van der Waals surface area contributed by atoms with Crippen molar-refractivity contribution in [3.8, 4) is 0 Å². The molecular formula is C19H35NO. The molecule has 3 rings (SSSR count). The van der Waals surface area contributed by atoms with Gasteiger partial charge in [0.05, 0.1) is 0 Å². The van der Waals surface area contributed by atoms with Gasteiger partial charge in [0.1, 0.15) is 0 Å². The minimum Gasteiger partial charge on any atom is -0.396 e. The topological polar surface area (TPSA) is 23.5 Å². The highest BCUT2D eigenvalue weighted by molar-refractivity contribution is 5.01. The molecule has 2 heteroatoms. The second-order valence-corrected chi connectivity index (χ2v) is 7.84. The average molecular weight is 293 g/mol. The Balaban J connectivity index is 1.65. The number of fused-ring (bicyclic) bond motifs is 3. The summed E-state index contributed by atoms with van der Waals surface area (Å²) < 4.78 is 0. The van der Waals surface area contributed by atoms with E-state index in [1.165, 1.54) is 70.6 Å². The summed E-state index contributed by atoms with van der Waals surface area (Å²) in [5.41, 5.74) is 0. The zero-order chi connectivity index (χ0) is 14.7. The molecule has 2 saturated heterocycles. The van der Waals surface area contributed by atoms with Crippen LogP contribution in [0, 0.1) is 11.8 Å². The van der Waals surface area contributed by atoms with Gasteiger partial charge < -0.3 is 5.11 Å². The highest BCUT2D eigenvalue weighted by atomic mass is 16.3. The van der Waals surface area contributed by atoms with Crippen molar-refractivity contribution in [3.05, 3.63) is 0 Å². The third kappa shape index (κ3) is 3.32. The van der Waals surface area contributed by atoms with Crippen molar-refractivity contribution in [1.29, 1.82) is 0 Å². The number of hydrogen-bond acceptors (Lipinski definition) is 2. The van der Waals surface area contributed by atoms with E-state index in [0.717, 1.165) is 30.3 Å². The molecule has 5 atom stereocenters. The molecular weight excluding hydrogens is 258 g/mol. The number of aliphatic hydroxyl groups is 1. The first kappa shape index (κ1) is 15.8. The summed E-state index contributed by atoms with van der Waals surface area (Å²) >= 11 is 0. The lowest BCUT2D eigenvalue weighted by molar-refractivity contribution is -0.0195. The van der Waals surface area contributed by atoms with E-state index in [2.05, 4.69) is 11.8 Å². The van der Waals surface area contributed by atoms with Gasteiger partial charge in [-0.05, 0) is 50.4 Å². The lowest BCUT2D eigenvalue weighted by atomic mass is 9.68. The molecule has 3 fully saturated rings. The first-order chi connectivity index (χ1) is 10.3. The lowest BCUT2D eigenvalue weighted by Gasteiger charge is -2.51. The molecule has 0 aromatic heterocycles. The van der Waals surface area contributed by atoms with Crippen LogP contribution >= 0.6 is 0 Å². The van der Waals surface area contributed by atoms with E-state index in [1.807, 2.05) is 0 Å². The van der Waals surface area contributed by atoms with Crippen LogP contribution in [0.15, 0.2) is 0 Å². The zero-order valence-corrected chi connectivity index (χ0v) is 14.0. The molecule has 0 radical (unpaired) electrons. The van der Waals surface area contributed by atoms with Crippen LogP contribution in [-0.2, 0) is 0 Å². The van der Waals surface area contributed by atoms with Gasteiger partial charge in [-0.3, -0.25) is 4.90 Å². The van der Waals surface area contributed by atoms with Gasteiger partial charge in [0.2, 0.25) is 0 Å². The Hall–Kier alpha value is -0.0800. The molecule has 2 heterocycles. The van der Waals surface area contributed by atoms with E-state index >= 15 is 0 Å². The average Bonchev–Trinajstić information content (AvgIpc) is 2.92. The van der Waals surface area contributed by atoms with E-state index in [-0.39, 0.29) is 0 Å². The van der Waals surface area contributed by atoms with E-state index in [4.69, 9.17) is 0 Å². The van der Waals surface area contributed by atoms with E-state index in [9.17, 15) is 5.11 Å². The van der Waals surface area contributed by atoms with Crippen LogP contribution in [0.5, 0.6) is 0 Å². The van der Waals surface area contributed by atoms with Crippen molar-refractivity contribution in [2.45, 2.75) is 102 Å². The molecule has 0 amide bonds. The van der Waals surface area contributed by atoms with Gasteiger partial charge in [0.25, 0.3) is 0 Å². The van der Waals surface area contributed by atoms with Gasteiger partial charge in [-0.2, -0.15) is 0 Å². The summed E-state index contributed by atoms with van der Waals surface area (Å²) in [4.78, 5) is 2.90. The second-order valence-electron chi connectivity index (χ2n) is 7.84. The summed E-state index contributed by atoms with van der Waals surface area (Å²) in [5.74, 6) is 1.98. The number of rotatable bonds is 6. The Morgan fingerprint density at radius 3 is 2.62 bits per heavy atom. The Morgan fingerprint density at radius 2 is 1.81 bits per heavy atom. The number of aliphatic hydroxyl groups excluding tert-OH is 1. The predicted molar refractivity (Wildman–Crippen MR) is 88.3 cm³/mol. The maximum atomic E-state index is 9.38. The molecule has 0 unspecified atom stereocenters. The smallest absolute Gasteiger partial charge is 0.0445 e. The van der Waals surface area contributed by atoms with Gasteiger partial charge >= 0.3 is 0 Å². The molecule has 2 aliphatic heterocycles. The Morgan fingerprint density at radius 1 is 0.952 bits per heavy atom. The summed E-state index contributed by atoms with van der Waals surface area (Å²) in [6.07, 6.45) is 16.8. The standard InChI is InChI=1S/C19H35NO/c1-2-3-4-6-15-7-5-8-19-18(15)12-11-16-9-10-17(13-14-21)20(16)19/h15-19,21H,2-14H2,1H3/t15-,16-,17+,18+,19-/m0/s1. The molecule has 1 aliphatic carbocycles. The highest BCUT2D eigenvalue weighted by Crippen LogP contribution is 2.47. The molecule has 0 aromatic rings. The minimum atomic E-state index is 0.380. The number of hydrogen-bond donors (Lipinski definition) is 1. The SMILES string of the molecule is CCCCC[C@H]1CCC[C@H]2[C@@H]1CC[C@@H]1CC[C@H](CCO)N12. The third-order valence-corrected chi connectivity index (χ3v) is 6.71. The van der Waals surface area contributed by atoms with Crippen molar-refractivity contribution in [2.24, 2.45) is 11.8 Å². The first-order valence-electron chi connectivity index (χ1n) is 9.73. The Labute approximate surface area is 131 Å². The molecule has 0 spiro atoms. The van der Waals surface area contributed by atoms with Crippen LogP contribution in [0.2, 0.25) is 0 Å². The number of nitrogens with zero attached hydrogens (tertiary/aromatic N) is 1. The van der Waals surface area contributed by atoms with Gasteiger partial charge in [0, 0.05) is 24.7 Å². The molecule has 2 nitrogen and oxygen atoms in total. The molecule has 21 heavy (non-hydrogen) atoms. The highest BCUT2D eigenvalue weighted by Gasteiger charge is 2.47. The summed E-state index contributed by atoms with van der Waals surface area (Å²) in [5, 5.41) is 9.38. The number of piperidine rings is 1. The molecule has 122 valence electrons. The van der Waals surface area contributed by atoms with Gasteiger partial charge in [0.15, 0.2) is 0 Å². The van der Waals surface area contributed by atoms with Crippen molar-refractivity contribution < 1.29 is 5.11 Å². The lowest BCUT2D eigenvalue weighted by Crippen LogP contribution is -2.54. The molecule has 0 bridgehead atoms. The maximum Gasteiger partial charge on any atom is 0.0445 e. The Kier molecular flexibility index (Phi) is 5.61. The number of unbranched alkanes of at least 4 members (excludes halogenated alkanes) is 2. The largest absolute Gasteiger partial charge is 0.396 e. The fourth-order valence-corrected chi connectivity index (χ4v) is 5.79. The second kappa shape index (κ2) is 7.46. The quantitative estimate of drug-likeness (QED) is 0.735. The summed E-state index contributed by atoms with van der Waals surface area (Å²) in [6, 6.07) is 2.42. The van der Waals surface area contributed by atoms with Gasteiger partial charge in [-0.25, -0.2) is 0 Å². The predicted octanol–water partition coefficient (Wildman–Crippen LogP) is 4.36. The van der Waals surface area contributed by atoms with Crippen LogP contribution in [0.3, 0.4) is 0 Å². The van der Waals surface area contributed by atoms with Gasteiger partial charge in [-0.1, -0.05) is 45.4 Å². The molecule has 1 saturated carbocycles. The van der Waals surface area contributed by atoms with Crippen molar-refractivity contribution >= 4 is 0 Å². The van der Waals surface area contributed by atoms with E-state index in [1.54, 1.807) is 0 Å². The van der Waals surface area contributed by atoms with Crippen molar-refractivity contribution in [3.63, 3.8) is 0 Å². The summed E-state index contributed by atoms with van der Waals surface area (Å²) in [7, 11) is 0. The Bertz CT molecular complexity index is 319. The molecule has 1 N–H and O–H groups in total. The monoisotopic (exact) mass is 293 g/mol. The molecule has 3 aliphatic rings. The molecule has 0 aromatic carbocycles. The van der Waals surface area contributed by atoms with E-state index in [0.29, 0.717) is 12.6 Å². The van der Waals surface area contributed by atoms with E-state index < -0.39 is 0 Å². The van der Waals surface area contributed by atoms with Crippen LogP contribution in [0.4, 0.5) is 0 Å². The fraction of sp³-hybridized carbons (Fsp3) is 1.00.